The summed E-state index contributed by atoms with van der Waals surface area (Å²) in [6.07, 6.45) is 1.14. The third kappa shape index (κ3) is 2.34. The van der Waals surface area contributed by atoms with Gasteiger partial charge in [0.1, 0.15) is 4.38 Å². The number of amides is 1. The van der Waals surface area contributed by atoms with Gasteiger partial charge in [-0.3, -0.25) is 4.79 Å². The molecule has 1 heterocycles. The van der Waals surface area contributed by atoms with E-state index in [1.807, 2.05) is 0 Å². The van der Waals surface area contributed by atoms with Crippen molar-refractivity contribution >= 4 is 33.8 Å². The van der Waals surface area contributed by atoms with Crippen LogP contribution in [0.3, 0.4) is 0 Å². The Morgan fingerprint density at radius 1 is 1.80 bits per heavy atom. The number of nitrogens with zero attached hydrogens (tertiary/aromatic N) is 1. The minimum atomic E-state index is 0.0172. The first-order chi connectivity index (χ1) is 4.83. The molecule has 0 bridgehead atoms. The SMILES string of the molecule is CCCSC1=NC(=O)CS1. The van der Waals surface area contributed by atoms with E-state index in [1.165, 1.54) is 0 Å². The highest BCUT2D eigenvalue weighted by atomic mass is 32.2. The Kier molecular flexibility index (Phi) is 3.28. The standard InChI is InChI=1S/C6H9NOS2/c1-2-3-9-6-7-5(8)4-10-6/h2-4H2,1H3. The highest BCUT2D eigenvalue weighted by Gasteiger charge is 2.13. The van der Waals surface area contributed by atoms with E-state index in [0.717, 1.165) is 16.5 Å². The number of thioether (sulfide) groups is 2. The van der Waals surface area contributed by atoms with Gasteiger partial charge >= 0.3 is 0 Å². The number of hydrogen-bond donors (Lipinski definition) is 0. The lowest BCUT2D eigenvalue weighted by Crippen LogP contribution is -1.86. The minimum Gasteiger partial charge on any atom is -0.272 e. The van der Waals surface area contributed by atoms with E-state index in [1.54, 1.807) is 23.5 Å². The van der Waals surface area contributed by atoms with E-state index in [4.69, 9.17) is 0 Å². The lowest BCUT2D eigenvalue weighted by molar-refractivity contribution is -0.115. The third-order valence-electron chi connectivity index (χ3n) is 0.965. The summed E-state index contributed by atoms with van der Waals surface area (Å²) in [4.78, 5) is 14.4. The summed E-state index contributed by atoms with van der Waals surface area (Å²) in [6.45, 7) is 2.12. The molecule has 0 saturated heterocycles. The predicted molar refractivity (Wildman–Crippen MR) is 47.6 cm³/mol. The summed E-state index contributed by atoms with van der Waals surface area (Å²) in [5.41, 5.74) is 0. The van der Waals surface area contributed by atoms with E-state index in [2.05, 4.69) is 11.9 Å². The highest BCUT2D eigenvalue weighted by Crippen LogP contribution is 2.22. The molecule has 0 N–H and O–H groups in total. The van der Waals surface area contributed by atoms with E-state index < -0.39 is 0 Å². The Morgan fingerprint density at radius 2 is 2.60 bits per heavy atom. The van der Waals surface area contributed by atoms with Crippen molar-refractivity contribution in [2.24, 2.45) is 4.99 Å². The van der Waals surface area contributed by atoms with Crippen molar-refractivity contribution in [1.82, 2.24) is 0 Å². The van der Waals surface area contributed by atoms with Crippen LogP contribution in [-0.4, -0.2) is 21.8 Å². The molecule has 0 saturated carbocycles. The summed E-state index contributed by atoms with van der Waals surface area (Å²) in [5.74, 6) is 1.63. The summed E-state index contributed by atoms with van der Waals surface area (Å²) < 4.78 is 0.951. The van der Waals surface area contributed by atoms with Crippen molar-refractivity contribution in [1.29, 1.82) is 0 Å². The van der Waals surface area contributed by atoms with Crippen LogP contribution in [-0.2, 0) is 4.79 Å². The van der Waals surface area contributed by atoms with Crippen LogP contribution >= 0.6 is 23.5 Å². The average Bonchev–Trinajstić information content (AvgIpc) is 2.31. The molecule has 4 heteroatoms. The van der Waals surface area contributed by atoms with Crippen LogP contribution < -0.4 is 0 Å². The molecular weight excluding hydrogens is 166 g/mol. The van der Waals surface area contributed by atoms with Crippen molar-refractivity contribution in [2.45, 2.75) is 13.3 Å². The van der Waals surface area contributed by atoms with Gasteiger partial charge in [0, 0.05) is 0 Å². The van der Waals surface area contributed by atoms with E-state index >= 15 is 0 Å². The molecule has 10 heavy (non-hydrogen) atoms. The molecule has 56 valence electrons. The molecule has 0 aromatic heterocycles. The fourth-order valence-electron chi connectivity index (χ4n) is 0.553. The topological polar surface area (TPSA) is 29.4 Å². The third-order valence-corrected chi connectivity index (χ3v) is 3.35. The first-order valence-corrected chi connectivity index (χ1v) is 5.17. The normalized spacial score (nSPS) is 17.7. The van der Waals surface area contributed by atoms with Gasteiger partial charge in [-0.05, 0) is 12.2 Å². The largest absolute Gasteiger partial charge is 0.272 e. The van der Waals surface area contributed by atoms with Gasteiger partial charge < -0.3 is 0 Å². The van der Waals surface area contributed by atoms with Crippen molar-refractivity contribution in [3.05, 3.63) is 0 Å². The summed E-state index contributed by atoms with van der Waals surface area (Å²) in [7, 11) is 0. The van der Waals surface area contributed by atoms with Crippen LogP contribution in [0.4, 0.5) is 0 Å². The summed E-state index contributed by atoms with van der Waals surface area (Å²) >= 11 is 3.23. The van der Waals surface area contributed by atoms with Crippen molar-refractivity contribution in [2.75, 3.05) is 11.5 Å². The quantitative estimate of drug-likeness (QED) is 0.640. The first-order valence-electron chi connectivity index (χ1n) is 3.20. The van der Waals surface area contributed by atoms with E-state index in [9.17, 15) is 4.79 Å². The number of carbonyl (C=O) groups excluding carboxylic acids is 1. The van der Waals surface area contributed by atoms with Gasteiger partial charge in [-0.25, -0.2) is 0 Å². The second kappa shape index (κ2) is 4.03. The van der Waals surface area contributed by atoms with Gasteiger partial charge in [0.25, 0.3) is 5.91 Å². The maximum Gasteiger partial charge on any atom is 0.257 e. The molecule has 0 spiro atoms. The average molecular weight is 175 g/mol. The second-order valence-corrected chi connectivity index (χ2v) is 4.21. The number of rotatable bonds is 2. The minimum absolute atomic E-state index is 0.0172. The van der Waals surface area contributed by atoms with Crippen LogP contribution in [0.15, 0.2) is 4.99 Å². The van der Waals surface area contributed by atoms with Gasteiger partial charge in [0.2, 0.25) is 0 Å². The van der Waals surface area contributed by atoms with Crippen LogP contribution in [0.2, 0.25) is 0 Å². The molecular formula is C6H9NOS2. The maximum atomic E-state index is 10.6. The van der Waals surface area contributed by atoms with Crippen molar-refractivity contribution < 1.29 is 4.79 Å². The zero-order valence-electron chi connectivity index (χ0n) is 5.79. The molecule has 0 radical (unpaired) electrons. The predicted octanol–water partition coefficient (Wildman–Crippen LogP) is 1.76. The van der Waals surface area contributed by atoms with Crippen LogP contribution in [0, 0.1) is 0 Å². The molecule has 0 aromatic rings. The second-order valence-electron chi connectivity index (χ2n) is 1.91. The molecule has 0 aliphatic carbocycles. The van der Waals surface area contributed by atoms with Crippen molar-refractivity contribution in [3.63, 3.8) is 0 Å². The highest BCUT2D eigenvalue weighted by molar-refractivity contribution is 8.39. The van der Waals surface area contributed by atoms with E-state index in [-0.39, 0.29) is 5.91 Å². The molecule has 0 aromatic carbocycles. The molecule has 0 fully saturated rings. The van der Waals surface area contributed by atoms with Crippen molar-refractivity contribution in [3.8, 4) is 0 Å². The van der Waals surface area contributed by atoms with E-state index in [0.29, 0.717) is 5.75 Å². The zero-order chi connectivity index (χ0) is 7.40. The fourth-order valence-corrected chi connectivity index (χ4v) is 2.34. The maximum absolute atomic E-state index is 10.6. The Hall–Kier alpha value is 0.0400. The Morgan fingerprint density at radius 3 is 3.10 bits per heavy atom. The number of hydrogen-bond acceptors (Lipinski definition) is 3. The zero-order valence-corrected chi connectivity index (χ0v) is 7.43. The molecule has 0 unspecified atom stereocenters. The lowest BCUT2D eigenvalue weighted by atomic mass is 10.6. The lowest BCUT2D eigenvalue weighted by Gasteiger charge is -1.92. The van der Waals surface area contributed by atoms with Gasteiger partial charge in [-0.2, -0.15) is 4.99 Å². The van der Waals surface area contributed by atoms with Gasteiger partial charge in [0.05, 0.1) is 5.75 Å². The molecule has 1 aliphatic rings. The van der Waals surface area contributed by atoms with Crippen LogP contribution in [0.1, 0.15) is 13.3 Å². The first kappa shape index (κ1) is 8.14. The smallest absolute Gasteiger partial charge is 0.257 e. The van der Waals surface area contributed by atoms with Gasteiger partial charge in [0.15, 0.2) is 0 Å². The number of aliphatic imine (C=N–C) groups is 1. The Bertz CT molecular complexity index is 167. The Balaban J connectivity index is 2.28. The number of carbonyl (C=O) groups is 1. The van der Waals surface area contributed by atoms with Crippen LogP contribution in [0.5, 0.6) is 0 Å². The summed E-state index contributed by atoms with van der Waals surface area (Å²) in [5, 5.41) is 0. The molecule has 1 amide bonds. The molecule has 1 aliphatic heterocycles. The van der Waals surface area contributed by atoms with Gasteiger partial charge in [-0.15, -0.1) is 0 Å². The monoisotopic (exact) mass is 175 g/mol. The van der Waals surface area contributed by atoms with Crippen LogP contribution in [0.25, 0.3) is 0 Å². The molecule has 0 atom stereocenters. The molecule has 2 nitrogen and oxygen atoms in total. The molecule has 1 rings (SSSR count). The Labute approximate surface area is 68.9 Å². The summed E-state index contributed by atoms with van der Waals surface area (Å²) in [6, 6.07) is 0. The van der Waals surface area contributed by atoms with Gasteiger partial charge in [-0.1, -0.05) is 30.4 Å². The fraction of sp³-hybridized carbons (Fsp3) is 0.667.